The Balaban J connectivity index is 1.94. The number of halogens is 1. The van der Waals surface area contributed by atoms with E-state index in [1.54, 1.807) is 12.4 Å². The topological polar surface area (TPSA) is 62.3 Å². The molecule has 0 saturated carbocycles. The van der Waals surface area contributed by atoms with Crippen LogP contribution in [0.4, 0.5) is 0 Å². The van der Waals surface area contributed by atoms with Crippen LogP contribution in [0.3, 0.4) is 0 Å². The SMILES string of the molecule is CN1C(=O)CCC(NCc2cncc(Br)c2)C1=O. The number of nitrogens with one attached hydrogen (secondary N) is 1. The van der Waals surface area contributed by atoms with Gasteiger partial charge in [0.15, 0.2) is 0 Å². The lowest BCUT2D eigenvalue weighted by molar-refractivity contribution is -0.148. The number of hydrogen-bond acceptors (Lipinski definition) is 4. The van der Waals surface area contributed by atoms with Gasteiger partial charge in [0.2, 0.25) is 11.8 Å². The van der Waals surface area contributed by atoms with Crippen LogP contribution in [0.15, 0.2) is 22.9 Å². The second kappa shape index (κ2) is 5.58. The van der Waals surface area contributed by atoms with E-state index < -0.39 is 0 Å². The van der Waals surface area contributed by atoms with Gasteiger partial charge in [-0.2, -0.15) is 0 Å². The summed E-state index contributed by atoms with van der Waals surface area (Å²) in [6, 6.07) is 1.66. The molecule has 2 heterocycles. The van der Waals surface area contributed by atoms with Crippen molar-refractivity contribution in [1.82, 2.24) is 15.2 Å². The molecule has 18 heavy (non-hydrogen) atoms. The van der Waals surface area contributed by atoms with Gasteiger partial charge in [-0.1, -0.05) is 0 Å². The highest BCUT2D eigenvalue weighted by Crippen LogP contribution is 2.13. The summed E-state index contributed by atoms with van der Waals surface area (Å²) >= 11 is 3.35. The van der Waals surface area contributed by atoms with Crippen molar-refractivity contribution in [3.8, 4) is 0 Å². The van der Waals surface area contributed by atoms with Crippen LogP contribution in [0.1, 0.15) is 18.4 Å². The number of pyridine rings is 1. The largest absolute Gasteiger partial charge is 0.302 e. The van der Waals surface area contributed by atoms with Gasteiger partial charge in [0.05, 0.1) is 6.04 Å². The number of aromatic nitrogens is 1. The van der Waals surface area contributed by atoms with Gasteiger partial charge in [0.1, 0.15) is 0 Å². The maximum Gasteiger partial charge on any atom is 0.246 e. The van der Waals surface area contributed by atoms with Gasteiger partial charge in [0, 0.05) is 36.9 Å². The quantitative estimate of drug-likeness (QED) is 0.849. The Morgan fingerprint density at radius 2 is 2.28 bits per heavy atom. The number of carbonyl (C=O) groups excluding carboxylic acids is 2. The van der Waals surface area contributed by atoms with E-state index in [-0.39, 0.29) is 17.9 Å². The van der Waals surface area contributed by atoms with E-state index in [9.17, 15) is 9.59 Å². The van der Waals surface area contributed by atoms with Crippen molar-refractivity contribution in [2.24, 2.45) is 0 Å². The predicted octanol–water partition coefficient (Wildman–Crippen LogP) is 1.08. The van der Waals surface area contributed by atoms with Crippen molar-refractivity contribution in [3.63, 3.8) is 0 Å². The Hall–Kier alpha value is -1.27. The highest BCUT2D eigenvalue weighted by molar-refractivity contribution is 9.10. The van der Waals surface area contributed by atoms with Crippen molar-refractivity contribution >= 4 is 27.7 Å². The number of nitrogens with zero attached hydrogens (tertiary/aromatic N) is 2. The summed E-state index contributed by atoms with van der Waals surface area (Å²) in [6.45, 7) is 0.560. The Bertz CT molecular complexity index is 478. The molecule has 1 N–H and O–H groups in total. The van der Waals surface area contributed by atoms with Gasteiger partial charge in [0.25, 0.3) is 0 Å². The highest BCUT2D eigenvalue weighted by atomic mass is 79.9. The van der Waals surface area contributed by atoms with Crippen molar-refractivity contribution < 1.29 is 9.59 Å². The molecule has 6 heteroatoms. The summed E-state index contributed by atoms with van der Waals surface area (Å²) in [5.41, 5.74) is 0.997. The molecule has 0 aliphatic carbocycles. The second-order valence-electron chi connectivity index (χ2n) is 4.27. The molecule has 2 amide bonds. The minimum Gasteiger partial charge on any atom is -0.302 e. The number of likely N-dealkylation sites (N-methyl/N-ethyl adjacent to an activating group) is 1. The Morgan fingerprint density at radius 3 is 3.00 bits per heavy atom. The molecule has 1 unspecified atom stereocenters. The molecule has 96 valence electrons. The van der Waals surface area contributed by atoms with Crippen molar-refractivity contribution in [2.75, 3.05) is 7.05 Å². The minimum atomic E-state index is -0.285. The molecular weight excluding hydrogens is 298 g/mol. The first kappa shape index (κ1) is 13.2. The molecule has 1 aromatic rings. The van der Waals surface area contributed by atoms with E-state index in [4.69, 9.17) is 0 Å². The van der Waals surface area contributed by atoms with Gasteiger partial charge in [-0.15, -0.1) is 0 Å². The second-order valence-corrected chi connectivity index (χ2v) is 5.19. The van der Waals surface area contributed by atoms with Gasteiger partial charge in [-0.25, -0.2) is 0 Å². The molecule has 5 nitrogen and oxygen atoms in total. The van der Waals surface area contributed by atoms with Crippen molar-refractivity contribution in [1.29, 1.82) is 0 Å². The molecular formula is C12H14BrN3O2. The minimum absolute atomic E-state index is 0.109. The summed E-state index contributed by atoms with van der Waals surface area (Å²) in [4.78, 5) is 28.4. The maximum atomic E-state index is 11.8. The van der Waals surface area contributed by atoms with Gasteiger partial charge in [-0.05, 0) is 34.0 Å². The monoisotopic (exact) mass is 311 g/mol. The predicted molar refractivity (Wildman–Crippen MR) is 69.6 cm³/mol. The van der Waals surface area contributed by atoms with E-state index in [0.717, 1.165) is 10.0 Å². The van der Waals surface area contributed by atoms with Crippen LogP contribution < -0.4 is 5.32 Å². The van der Waals surface area contributed by atoms with Crippen molar-refractivity contribution in [3.05, 3.63) is 28.5 Å². The van der Waals surface area contributed by atoms with Gasteiger partial charge >= 0.3 is 0 Å². The number of rotatable bonds is 3. The van der Waals surface area contributed by atoms with Crippen LogP contribution in [0, 0.1) is 0 Å². The normalized spacial score (nSPS) is 20.3. The fourth-order valence-electron chi connectivity index (χ4n) is 1.90. The number of likely N-dealkylation sites (tertiary alicyclic amines) is 1. The third-order valence-corrected chi connectivity index (χ3v) is 3.40. The zero-order chi connectivity index (χ0) is 13.1. The van der Waals surface area contributed by atoms with Crippen LogP contribution in [-0.2, 0) is 16.1 Å². The zero-order valence-electron chi connectivity index (χ0n) is 10.0. The van der Waals surface area contributed by atoms with E-state index in [0.29, 0.717) is 19.4 Å². The van der Waals surface area contributed by atoms with E-state index in [1.165, 1.54) is 11.9 Å². The number of amides is 2. The Kier molecular flexibility index (Phi) is 4.08. The molecule has 1 fully saturated rings. The fourth-order valence-corrected chi connectivity index (χ4v) is 2.31. The third kappa shape index (κ3) is 2.94. The number of piperidine rings is 1. The molecule has 0 bridgehead atoms. The molecule has 1 aromatic heterocycles. The number of hydrogen-bond donors (Lipinski definition) is 1. The summed E-state index contributed by atoms with van der Waals surface area (Å²) in [5, 5.41) is 3.16. The first-order valence-corrected chi connectivity index (χ1v) is 6.50. The van der Waals surface area contributed by atoms with Crippen LogP contribution in [0.25, 0.3) is 0 Å². The van der Waals surface area contributed by atoms with E-state index in [2.05, 4.69) is 26.2 Å². The summed E-state index contributed by atoms with van der Waals surface area (Å²) in [6.07, 6.45) is 4.43. The average Bonchev–Trinajstić information content (AvgIpc) is 2.35. The molecule has 1 saturated heterocycles. The van der Waals surface area contributed by atoms with Crippen LogP contribution >= 0.6 is 15.9 Å². The van der Waals surface area contributed by atoms with Gasteiger partial charge < -0.3 is 5.32 Å². The molecule has 0 spiro atoms. The smallest absolute Gasteiger partial charge is 0.246 e. The lowest BCUT2D eigenvalue weighted by Crippen LogP contribution is -2.51. The van der Waals surface area contributed by atoms with E-state index >= 15 is 0 Å². The maximum absolute atomic E-state index is 11.8. The molecule has 0 aromatic carbocycles. The zero-order valence-corrected chi connectivity index (χ0v) is 11.6. The van der Waals surface area contributed by atoms with Crippen LogP contribution in [0.5, 0.6) is 0 Å². The first-order chi connectivity index (χ1) is 8.58. The Morgan fingerprint density at radius 1 is 1.50 bits per heavy atom. The number of carbonyl (C=O) groups is 2. The Labute approximate surface area is 114 Å². The first-order valence-electron chi connectivity index (χ1n) is 5.71. The molecule has 0 radical (unpaired) electrons. The molecule has 2 rings (SSSR count). The lowest BCUT2D eigenvalue weighted by atomic mass is 10.0. The summed E-state index contributed by atoms with van der Waals surface area (Å²) in [5.74, 6) is -0.267. The third-order valence-electron chi connectivity index (χ3n) is 2.96. The molecule has 1 aliphatic heterocycles. The molecule has 1 aliphatic rings. The van der Waals surface area contributed by atoms with Gasteiger partial charge in [-0.3, -0.25) is 19.5 Å². The number of imide groups is 1. The standard InChI is InChI=1S/C12H14BrN3O2/c1-16-11(17)3-2-10(12(16)18)15-6-8-4-9(13)7-14-5-8/h4-5,7,10,15H,2-3,6H2,1H3. The van der Waals surface area contributed by atoms with E-state index in [1.807, 2.05) is 6.07 Å². The van der Waals surface area contributed by atoms with Crippen LogP contribution in [-0.4, -0.2) is 34.8 Å². The summed E-state index contributed by atoms with van der Waals surface area (Å²) in [7, 11) is 1.53. The highest BCUT2D eigenvalue weighted by Gasteiger charge is 2.31. The molecule has 1 atom stereocenters. The fraction of sp³-hybridized carbons (Fsp3) is 0.417. The average molecular weight is 312 g/mol. The van der Waals surface area contributed by atoms with Crippen molar-refractivity contribution in [2.45, 2.75) is 25.4 Å². The summed E-state index contributed by atoms with van der Waals surface area (Å²) < 4.78 is 0.907. The van der Waals surface area contributed by atoms with Crippen LogP contribution in [0.2, 0.25) is 0 Å². The lowest BCUT2D eigenvalue weighted by Gasteiger charge is -2.28.